The largest absolute Gasteiger partial charge is 0.324 e. The van der Waals surface area contributed by atoms with Crippen molar-refractivity contribution < 1.29 is 4.79 Å². The first-order valence-corrected chi connectivity index (χ1v) is 9.06. The molecule has 0 aliphatic heterocycles. The Labute approximate surface area is 162 Å². The van der Waals surface area contributed by atoms with Crippen molar-refractivity contribution in [2.24, 2.45) is 0 Å². The number of aromatic nitrogens is 2. The van der Waals surface area contributed by atoms with E-state index in [1.54, 1.807) is 12.1 Å². The molecule has 4 nitrogen and oxygen atoms in total. The van der Waals surface area contributed by atoms with Crippen LogP contribution in [-0.2, 0) is 11.3 Å². The Morgan fingerprint density at radius 1 is 1.04 bits per heavy atom. The molecule has 1 amide bonds. The fourth-order valence-electron chi connectivity index (χ4n) is 3.18. The molecule has 1 N–H and O–H groups in total. The number of nitrogens with zero attached hydrogens (tertiary/aromatic N) is 2. The highest BCUT2D eigenvalue weighted by Crippen LogP contribution is 2.27. The number of fused-ring (bicyclic) bond motifs is 1. The molecule has 0 atom stereocenters. The maximum atomic E-state index is 12.7. The second kappa shape index (κ2) is 7.25. The Kier molecular flexibility index (Phi) is 4.65. The summed E-state index contributed by atoms with van der Waals surface area (Å²) in [5.74, 6) is 0.658. The van der Waals surface area contributed by atoms with Gasteiger partial charge in [0.25, 0.3) is 0 Å². The number of hydrogen-bond acceptors (Lipinski definition) is 2. The van der Waals surface area contributed by atoms with Crippen molar-refractivity contribution in [3.63, 3.8) is 0 Å². The zero-order chi connectivity index (χ0) is 18.8. The fraction of sp³-hybridized carbons (Fsp3) is 0.0909. The van der Waals surface area contributed by atoms with Crippen molar-refractivity contribution >= 4 is 34.2 Å². The molecule has 1 aromatic heterocycles. The molecule has 1 heterocycles. The lowest BCUT2D eigenvalue weighted by Gasteiger charge is -2.11. The van der Waals surface area contributed by atoms with Gasteiger partial charge in [-0.25, -0.2) is 4.98 Å². The van der Waals surface area contributed by atoms with Gasteiger partial charge in [0.1, 0.15) is 12.4 Å². The summed E-state index contributed by atoms with van der Waals surface area (Å²) in [4.78, 5) is 17.5. The SMILES string of the molecule is Cc1ccccc1-c1nc2ccccc2n1CC(=O)Nc1cccc(Cl)c1. The molecule has 27 heavy (non-hydrogen) atoms. The zero-order valence-corrected chi connectivity index (χ0v) is 15.6. The number of rotatable bonds is 4. The third kappa shape index (κ3) is 3.57. The van der Waals surface area contributed by atoms with E-state index in [0.29, 0.717) is 10.7 Å². The van der Waals surface area contributed by atoms with Gasteiger partial charge in [0.2, 0.25) is 5.91 Å². The van der Waals surface area contributed by atoms with Gasteiger partial charge in [0, 0.05) is 16.3 Å². The zero-order valence-electron chi connectivity index (χ0n) is 14.8. The molecule has 4 aromatic rings. The van der Waals surface area contributed by atoms with Gasteiger partial charge in [-0.05, 0) is 42.8 Å². The van der Waals surface area contributed by atoms with Crippen LogP contribution in [0.4, 0.5) is 5.69 Å². The van der Waals surface area contributed by atoms with E-state index in [1.807, 2.05) is 72.2 Å². The second-order valence-electron chi connectivity index (χ2n) is 6.38. The second-order valence-corrected chi connectivity index (χ2v) is 6.82. The summed E-state index contributed by atoms with van der Waals surface area (Å²) in [7, 11) is 0. The molecule has 0 saturated heterocycles. The van der Waals surface area contributed by atoms with Crippen LogP contribution in [0, 0.1) is 6.92 Å². The number of amides is 1. The van der Waals surface area contributed by atoms with E-state index >= 15 is 0 Å². The first-order valence-electron chi connectivity index (χ1n) is 8.68. The topological polar surface area (TPSA) is 46.9 Å². The third-order valence-corrected chi connectivity index (χ3v) is 4.69. The lowest BCUT2D eigenvalue weighted by Crippen LogP contribution is -2.19. The standard InChI is InChI=1S/C22H18ClN3O/c1-15-7-2-3-10-18(15)22-25-19-11-4-5-12-20(19)26(22)14-21(27)24-17-9-6-8-16(23)13-17/h2-13H,14H2,1H3,(H,24,27). The van der Waals surface area contributed by atoms with Crippen LogP contribution in [0.2, 0.25) is 5.02 Å². The number of anilines is 1. The van der Waals surface area contributed by atoms with E-state index in [-0.39, 0.29) is 12.5 Å². The quantitative estimate of drug-likeness (QED) is 0.525. The molecule has 5 heteroatoms. The molecule has 0 aliphatic carbocycles. The van der Waals surface area contributed by atoms with Crippen LogP contribution >= 0.6 is 11.6 Å². The number of para-hydroxylation sites is 2. The van der Waals surface area contributed by atoms with Crippen LogP contribution in [0.1, 0.15) is 5.56 Å². The first-order chi connectivity index (χ1) is 13.1. The molecular formula is C22H18ClN3O. The van der Waals surface area contributed by atoms with Crippen molar-refractivity contribution in [2.75, 3.05) is 5.32 Å². The van der Waals surface area contributed by atoms with E-state index in [1.165, 1.54) is 0 Å². The molecule has 4 rings (SSSR count). The summed E-state index contributed by atoms with van der Waals surface area (Å²) >= 11 is 6.01. The average Bonchev–Trinajstić information content (AvgIpc) is 3.00. The number of carbonyl (C=O) groups is 1. The monoisotopic (exact) mass is 375 g/mol. The summed E-state index contributed by atoms with van der Waals surface area (Å²) in [6, 6.07) is 23.0. The molecular weight excluding hydrogens is 358 g/mol. The van der Waals surface area contributed by atoms with Gasteiger partial charge >= 0.3 is 0 Å². The van der Waals surface area contributed by atoms with Crippen molar-refractivity contribution in [2.45, 2.75) is 13.5 Å². The lowest BCUT2D eigenvalue weighted by molar-refractivity contribution is -0.116. The number of nitrogens with one attached hydrogen (secondary N) is 1. The van der Waals surface area contributed by atoms with E-state index in [0.717, 1.165) is 28.0 Å². The number of aryl methyl sites for hydroxylation is 1. The predicted molar refractivity (Wildman–Crippen MR) is 110 cm³/mol. The normalized spacial score (nSPS) is 10.9. The van der Waals surface area contributed by atoms with Crippen LogP contribution < -0.4 is 5.32 Å². The molecule has 0 radical (unpaired) electrons. The predicted octanol–water partition coefficient (Wildman–Crippen LogP) is 5.30. The Bertz CT molecular complexity index is 1130. The Morgan fingerprint density at radius 3 is 2.63 bits per heavy atom. The number of carbonyl (C=O) groups excluding carboxylic acids is 1. The summed E-state index contributed by atoms with van der Waals surface area (Å²) in [5, 5.41) is 3.49. The van der Waals surface area contributed by atoms with Gasteiger partial charge in [-0.2, -0.15) is 0 Å². The smallest absolute Gasteiger partial charge is 0.244 e. The van der Waals surface area contributed by atoms with Crippen LogP contribution in [0.3, 0.4) is 0 Å². The highest BCUT2D eigenvalue weighted by atomic mass is 35.5. The minimum Gasteiger partial charge on any atom is -0.324 e. The van der Waals surface area contributed by atoms with Gasteiger partial charge in [-0.3, -0.25) is 4.79 Å². The summed E-state index contributed by atoms with van der Waals surface area (Å²) in [6.45, 7) is 2.21. The maximum absolute atomic E-state index is 12.7. The van der Waals surface area contributed by atoms with Gasteiger partial charge in [0.05, 0.1) is 11.0 Å². The molecule has 0 saturated carbocycles. The Hall–Kier alpha value is -3.11. The van der Waals surface area contributed by atoms with E-state index in [2.05, 4.69) is 5.32 Å². The summed E-state index contributed by atoms with van der Waals surface area (Å²) < 4.78 is 1.96. The molecule has 0 bridgehead atoms. The maximum Gasteiger partial charge on any atom is 0.244 e. The van der Waals surface area contributed by atoms with Crippen molar-refractivity contribution in [1.29, 1.82) is 0 Å². The Balaban J connectivity index is 1.73. The molecule has 0 spiro atoms. The minimum atomic E-state index is -0.129. The Morgan fingerprint density at radius 2 is 1.81 bits per heavy atom. The minimum absolute atomic E-state index is 0.129. The molecule has 0 fully saturated rings. The van der Waals surface area contributed by atoms with Gasteiger partial charge in [-0.1, -0.05) is 54.1 Å². The van der Waals surface area contributed by atoms with Crippen LogP contribution in [0.5, 0.6) is 0 Å². The van der Waals surface area contributed by atoms with Gasteiger partial charge in [0.15, 0.2) is 0 Å². The third-order valence-electron chi connectivity index (χ3n) is 4.45. The van der Waals surface area contributed by atoms with Crippen LogP contribution in [-0.4, -0.2) is 15.5 Å². The number of halogens is 1. The highest BCUT2D eigenvalue weighted by Gasteiger charge is 2.16. The first kappa shape index (κ1) is 17.3. The molecule has 134 valence electrons. The molecule has 3 aromatic carbocycles. The number of imidazole rings is 1. The molecule has 0 unspecified atom stereocenters. The average molecular weight is 376 g/mol. The van der Waals surface area contributed by atoms with Gasteiger partial charge in [-0.15, -0.1) is 0 Å². The van der Waals surface area contributed by atoms with E-state index in [9.17, 15) is 4.79 Å². The molecule has 0 aliphatic rings. The summed E-state index contributed by atoms with van der Waals surface area (Å²) in [6.07, 6.45) is 0. The van der Waals surface area contributed by atoms with Crippen LogP contribution in [0.25, 0.3) is 22.4 Å². The van der Waals surface area contributed by atoms with E-state index in [4.69, 9.17) is 16.6 Å². The van der Waals surface area contributed by atoms with Gasteiger partial charge < -0.3 is 9.88 Å². The van der Waals surface area contributed by atoms with Crippen molar-refractivity contribution in [3.8, 4) is 11.4 Å². The lowest BCUT2D eigenvalue weighted by atomic mass is 10.1. The van der Waals surface area contributed by atoms with Crippen LogP contribution in [0.15, 0.2) is 72.8 Å². The summed E-state index contributed by atoms with van der Waals surface area (Å²) in [5.41, 5.74) is 4.60. The number of hydrogen-bond donors (Lipinski definition) is 1. The van der Waals surface area contributed by atoms with Crippen molar-refractivity contribution in [1.82, 2.24) is 9.55 Å². The fourth-order valence-corrected chi connectivity index (χ4v) is 3.37. The highest BCUT2D eigenvalue weighted by molar-refractivity contribution is 6.30. The number of benzene rings is 3. The van der Waals surface area contributed by atoms with E-state index < -0.39 is 0 Å². The van der Waals surface area contributed by atoms with Crippen molar-refractivity contribution in [3.05, 3.63) is 83.4 Å².